The minimum Gasteiger partial charge on any atom is -0.351 e. The van der Waals surface area contributed by atoms with Crippen LogP contribution in [-0.4, -0.2) is 30.3 Å². The molecule has 0 aliphatic heterocycles. The van der Waals surface area contributed by atoms with Crippen molar-refractivity contribution in [2.45, 2.75) is 18.2 Å². The number of amides is 1. The standard InChI is InChI=1S/C23H22FN5O3S/c1-27-20-19(21(31)28(2)23(27)32)29(13-16-8-10-17(24)11-9-16)22(26-20)33-14-18(30)25-12-15-6-4-3-5-7-15/h3-11H,12-14H2,1-2H3,(H,25,30). The average molecular weight is 468 g/mol. The molecule has 0 bridgehead atoms. The molecule has 0 aliphatic rings. The predicted octanol–water partition coefficient (Wildman–Crippen LogP) is 2.03. The highest BCUT2D eigenvalue weighted by atomic mass is 32.2. The van der Waals surface area contributed by atoms with Crippen LogP contribution in [0.3, 0.4) is 0 Å². The van der Waals surface area contributed by atoms with E-state index < -0.39 is 11.2 Å². The Labute approximate surface area is 192 Å². The van der Waals surface area contributed by atoms with Crippen LogP contribution < -0.4 is 16.6 Å². The Balaban J connectivity index is 1.64. The van der Waals surface area contributed by atoms with Crippen molar-refractivity contribution in [2.75, 3.05) is 5.75 Å². The summed E-state index contributed by atoms with van der Waals surface area (Å²) in [6, 6.07) is 15.5. The van der Waals surface area contributed by atoms with Crippen LogP contribution in [0.15, 0.2) is 69.3 Å². The fourth-order valence-corrected chi connectivity index (χ4v) is 4.26. The van der Waals surface area contributed by atoms with Crippen LogP contribution in [0, 0.1) is 5.82 Å². The molecule has 0 saturated heterocycles. The number of nitrogens with zero attached hydrogens (tertiary/aromatic N) is 4. The van der Waals surface area contributed by atoms with Gasteiger partial charge in [0.25, 0.3) is 5.56 Å². The minimum atomic E-state index is -0.490. The lowest BCUT2D eigenvalue weighted by molar-refractivity contribution is -0.118. The fraction of sp³-hybridized carbons (Fsp3) is 0.217. The third-order valence-electron chi connectivity index (χ3n) is 5.23. The van der Waals surface area contributed by atoms with E-state index in [2.05, 4.69) is 10.3 Å². The molecule has 2 aromatic heterocycles. The first kappa shape index (κ1) is 22.5. The van der Waals surface area contributed by atoms with Gasteiger partial charge in [0, 0.05) is 20.6 Å². The lowest BCUT2D eigenvalue weighted by atomic mass is 10.2. The SMILES string of the molecule is Cn1c(=O)c2c(nc(SCC(=O)NCc3ccccc3)n2Cc2ccc(F)cc2)n(C)c1=O. The zero-order chi connectivity index (χ0) is 23.5. The Morgan fingerprint density at radius 3 is 2.39 bits per heavy atom. The van der Waals surface area contributed by atoms with E-state index in [1.54, 1.807) is 23.7 Å². The van der Waals surface area contributed by atoms with Crippen LogP contribution in [0.25, 0.3) is 11.2 Å². The van der Waals surface area contributed by atoms with E-state index in [0.29, 0.717) is 11.7 Å². The van der Waals surface area contributed by atoms with Gasteiger partial charge in [0.15, 0.2) is 16.3 Å². The van der Waals surface area contributed by atoms with Crippen molar-refractivity contribution in [3.63, 3.8) is 0 Å². The summed E-state index contributed by atoms with van der Waals surface area (Å²) < 4.78 is 17.3. The highest BCUT2D eigenvalue weighted by molar-refractivity contribution is 7.99. The van der Waals surface area contributed by atoms with Crippen molar-refractivity contribution in [2.24, 2.45) is 14.1 Å². The number of aryl methyl sites for hydroxylation is 1. The van der Waals surface area contributed by atoms with Crippen LogP contribution >= 0.6 is 11.8 Å². The molecule has 0 radical (unpaired) electrons. The minimum absolute atomic E-state index is 0.0772. The molecule has 10 heteroatoms. The molecule has 1 N–H and O–H groups in total. The van der Waals surface area contributed by atoms with Crippen LogP contribution in [0.2, 0.25) is 0 Å². The Bertz CT molecular complexity index is 1430. The number of imidazole rings is 1. The summed E-state index contributed by atoms with van der Waals surface area (Å²) in [6.45, 7) is 0.638. The maximum atomic E-state index is 13.4. The van der Waals surface area contributed by atoms with E-state index in [4.69, 9.17) is 0 Å². The summed E-state index contributed by atoms with van der Waals surface area (Å²) in [6.07, 6.45) is 0. The zero-order valence-electron chi connectivity index (χ0n) is 18.1. The van der Waals surface area contributed by atoms with Crippen LogP contribution in [0.4, 0.5) is 4.39 Å². The Kier molecular flexibility index (Phi) is 6.45. The summed E-state index contributed by atoms with van der Waals surface area (Å²) in [5.74, 6) is -0.475. The van der Waals surface area contributed by atoms with Crippen LogP contribution in [0.5, 0.6) is 0 Å². The highest BCUT2D eigenvalue weighted by Crippen LogP contribution is 2.23. The van der Waals surface area contributed by atoms with E-state index in [1.165, 1.54) is 35.5 Å². The molecule has 4 rings (SSSR count). The Hall–Kier alpha value is -3.66. The van der Waals surface area contributed by atoms with Gasteiger partial charge in [-0.05, 0) is 23.3 Å². The van der Waals surface area contributed by atoms with Gasteiger partial charge in [-0.3, -0.25) is 18.7 Å². The first-order valence-electron chi connectivity index (χ1n) is 10.2. The molecule has 0 saturated carbocycles. The van der Waals surface area contributed by atoms with Crippen molar-refractivity contribution in [1.29, 1.82) is 0 Å². The van der Waals surface area contributed by atoms with E-state index in [0.717, 1.165) is 15.7 Å². The monoisotopic (exact) mass is 467 g/mol. The number of thioether (sulfide) groups is 1. The second-order valence-electron chi connectivity index (χ2n) is 7.54. The van der Waals surface area contributed by atoms with E-state index in [1.807, 2.05) is 30.3 Å². The predicted molar refractivity (Wildman–Crippen MR) is 125 cm³/mol. The Morgan fingerprint density at radius 1 is 1.00 bits per heavy atom. The van der Waals surface area contributed by atoms with Crippen molar-refractivity contribution >= 4 is 28.8 Å². The third kappa shape index (κ3) is 4.75. The van der Waals surface area contributed by atoms with Crippen LogP contribution in [-0.2, 0) is 32.0 Å². The molecule has 0 spiro atoms. The number of carbonyl (C=O) groups excluding carboxylic acids is 1. The largest absolute Gasteiger partial charge is 0.351 e. The molecule has 8 nitrogen and oxygen atoms in total. The summed E-state index contributed by atoms with van der Waals surface area (Å²) in [5.41, 5.74) is 1.24. The number of fused-ring (bicyclic) bond motifs is 1. The van der Waals surface area contributed by atoms with Crippen molar-refractivity contribution < 1.29 is 9.18 Å². The summed E-state index contributed by atoms with van der Waals surface area (Å²) in [7, 11) is 2.95. The number of hydrogen-bond donors (Lipinski definition) is 1. The number of nitrogens with one attached hydrogen (secondary N) is 1. The maximum absolute atomic E-state index is 13.4. The average Bonchev–Trinajstić information content (AvgIpc) is 3.19. The molecular formula is C23H22FN5O3S. The molecular weight excluding hydrogens is 445 g/mol. The zero-order valence-corrected chi connectivity index (χ0v) is 18.9. The molecule has 0 aliphatic carbocycles. The third-order valence-corrected chi connectivity index (χ3v) is 6.21. The van der Waals surface area contributed by atoms with E-state index in [9.17, 15) is 18.8 Å². The number of halogens is 1. The molecule has 2 aromatic carbocycles. The molecule has 0 fully saturated rings. The molecule has 4 aromatic rings. The summed E-state index contributed by atoms with van der Waals surface area (Å²) in [4.78, 5) is 42.2. The van der Waals surface area contributed by atoms with Gasteiger partial charge in [-0.2, -0.15) is 0 Å². The first-order valence-corrected chi connectivity index (χ1v) is 11.2. The normalized spacial score (nSPS) is 11.1. The second kappa shape index (κ2) is 9.45. The first-order chi connectivity index (χ1) is 15.8. The highest BCUT2D eigenvalue weighted by Gasteiger charge is 2.20. The molecule has 0 unspecified atom stereocenters. The second-order valence-corrected chi connectivity index (χ2v) is 8.48. The maximum Gasteiger partial charge on any atom is 0.332 e. The van der Waals surface area contributed by atoms with E-state index >= 15 is 0 Å². The van der Waals surface area contributed by atoms with E-state index in [-0.39, 0.29) is 35.2 Å². The fourth-order valence-electron chi connectivity index (χ4n) is 3.43. The lowest BCUT2D eigenvalue weighted by Gasteiger charge is -2.10. The van der Waals surface area contributed by atoms with Gasteiger partial charge in [0.1, 0.15) is 5.82 Å². The van der Waals surface area contributed by atoms with Crippen LogP contribution in [0.1, 0.15) is 11.1 Å². The van der Waals surface area contributed by atoms with Crippen molar-refractivity contribution in [3.05, 3.63) is 92.4 Å². The van der Waals surface area contributed by atoms with Gasteiger partial charge < -0.3 is 9.88 Å². The number of rotatable bonds is 7. The number of aromatic nitrogens is 4. The molecule has 33 heavy (non-hydrogen) atoms. The van der Waals surface area contributed by atoms with Gasteiger partial charge >= 0.3 is 5.69 Å². The molecule has 2 heterocycles. The van der Waals surface area contributed by atoms with Gasteiger partial charge in [-0.15, -0.1) is 0 Å². The molecule has 170 valence electrons. The topological polar surface area (TPSA) is 90.9 Å². The molecule has 0 atom stereocenters. The van der Waals surface area contributed by atoms with Crippen molar-refractivity contribution in [1.82, 2.24) is 24.0 Å². The number of benzene rings is 2. The van der Waals surface area contributed by atoms with Gasteiger partial charge in [-0.25, -0.2) is 14.2 Å². The number of carbonyl (C=O) groups is 1. The van der Waals surface area contributed by atoms with Crippen molar-refractivity contribution in [3.8, 4) is 0 Å². The Morgan fingerprint density at radius 2 is 1.70 bits per heavy atom. The summed E-state index contributed by atoms with van der Waals surface area (Å²) in [5, 5.41) is 3.28. The van der Waals surface area contributed by atoms with Gasteiger partial charge in [-0.1, -0.05) is 54.2 Å². The van der Waals surface area contributed by atoms with Gasteiger partial charge in [0.05, 0.1) is 12.3 Å². The lowest BCUT2D eigenvalue weighted by Crippen LogP contribution is -2.37. The summed E-state index contributed by atoms with van der Waals surface area (Å²) >= 11 is 1.17. The number of hydrogen-bond acceptors (Lipinski definition) is 5. The molecule has 1 amide bonds. The smallest absolute Gasteiger partial charge is 0.332 e. The van der Waals surface area contributed by atoms with Gasteiger partial charge in [0.2, 0.25) is 5.91 Å². The quantitative estimate of drug-likeness (QED) is 0.420.